The minimum Gasteiger partial charge on any atom is -0.352 e. The zero-order valence-electron chi connectivity index (χ0n) is 14.3. The van der Waals surface area contributed by atoms with Crippen LogP contribution in [-0.4, -0.2) is 21.5 Å². The fraction of sp³-hybridized carbons (Fsp3) is 0.167. The Hall–Kier alpha value is -2.15. The summed E-state index contributed by atoms with van der Waals surface area (Å²) in [5.74, 6) is -1.07. The van der Waals surface area contributed by atoms with Crippen LogP contribution in [0.5, 0.6) is 0 Å². The molecule has 1 saturated heterocycles. The predicted molar refractivity (Wildman–Crippen MR) is 108 cm³/mol. The van der Waals surface area contributed by atoms with Crippen molar-refractivity contribution in [1.29, 1.82) is 0 Å². The third kappa shape index (κ3) is 3.28. The highest BCUT2D eigenvalue weighted by Gasteiger charge is 2.35. The van der Waals surface area contributed by atoms with Gasteiger partial charge in [0.15, 0.2) is 5.11 Å². The number of rotatable bonds is 2. The van der Waals surface area contributed by atoms with Crippen LogP contribution < -0.4 is 10.2 Å². The van der Waals surface area contributed by atoms with Crippen molar-refractivity contribution in [3.8, 4) is 0 Å². The third-order valence-corrected chi connectivity index (χ3v) is 5.04. The van der Waals surface area contributed by atoms with E-state index in [2.05, 4.69) is 5.32 Å². The van der Waals surface area contributed by atoms with Gasteiger partial charge in [-0.05, 0) is 62.0 Å². The summed E-state index contributed by atoms with van der Waals surface area (Å²) in [6.07, 6.45) is 1.57. The van der Waals surface area contributed by atoms with Crippen LogP contribution in [0.2, 0.25) is 10.0 Å². The molecule has 0 radical (unpaired) electrons. The molecule has 0 bridgehead atoms. The molecule has 1 aromatic heterocycles. The second-order valence-corrected chi connectivity index (χ2v) is 7.23. The lowest BCUT2D eigenvalue weighted by Gasteiger charge is -2.29. The van der Waals surface area contributed by atoms with Gasteiger partial charge < -0.3 is 4.57 Å². The fourth-order valence-corrected chi connectivity index (χ4v) is 3.54. The Morgan fingerprint density at radius 1 is 1.08 bits per heavy atom. The number of aromatic nitrogens is 1. The van der Waals surface area contributed by atoms with Crippen molar-refractivity contribution >= 4 is 64.1 Å². The summed E-state index contributed by atoms with van der Waals surface area (Å²) in [5, 5.41) is 3.25. The van der Waals surface area contributed by atoms with Crippen LogP contribution in [0.1, 0.15) is 17.0 Å². The van der Waals surface area contributed by atoms with Gasteiger partial charge in [-0.15, -0.1) is 0 Å². The quantitative estimate of drug-likeness (QED) is 0.468. The summed E-state index contributed by atoms with van der Waals surface area (Å²) in [6.45, 7) is 3.87. The molecule has 1 aliphatic rings. The Balaban J connectivity index is 2.08. The number of hydrogen-bond donors (Lipinski definition) is 1. The molecule has 1 aromatic carbocycles. The Labute approximate surface area is 166 Å². The van der Waals surface area contributed by atoms with Gasteiger partial charge in [-0.3, -0.25) is 19.8 Å². The molecule has 2 heterocycles. The molecule has 8 heteroatoms. The summed E-state index contributed by atoms with van der Waals surface area (Å²) in [4.78, 5) is 26.6. The van der Waals surface area contributed by atoms with Gasteiger partial charge in [0.1, 0.15) is 5.57 Å². The summed E-state index contributed by atoms with van der Waals surface area (Å²) in [5.41, 5.74) is 3.14. The van der Waals surface area contributed by atoms with Crippen molar-refractivity contribution in [2.75, 3.05) is 4.90 Å². The lowest BCUT2D eigenvalue weighted by molar-refractivity contribution is -0.122. The zero-order chi connectivity index (χ0) is 19.2. The number of aryl methyl sites for hydroxylation is 1. The number of nitrogens with zero attached hydrogens (tertiary/aromatic N) is 2. The molecule has 2 amide bonds. The van der Waals surface area contributed by atoms with Crippen molar-refractivity contribution in [1.82, 2.24) is 9.88 Å². The number of carbonyl (C=O) groups excluding carboxylic acids is 2. The summed E-state index contributed by atoms with van der Waals surface area (Å²) < 4.78 is 1.98. The molecular weight excluding hydrogens is 393 g/mol. The van der Waals surface area contributed by atoms with Gasteiger partial charge in [0.05, 0.1) is 5.69 Å². The summed E-state index contributed by atoms with van der Waals surface area (Å²) in [7, 11) is 1.92. The number of carbonyl (C=O) groups is 2. The second kappa shape index (κ2) is 6.87. The van der Waals surface area contributed by atoms with E-state index < -0.39 is 11.8 Å². The standard InChI is InChI=1S/C18H15Cl2N3O2S/c1-9-4-11(10(2)22(9)3)5-15-16(24)21-18(26)23(17(15)25)14-7-12(19)6-13(20)8-14/h4-8H,1-3H3,(H,21,24,26)/b15-5-. The second-order valence-electron chi connectivity index (χ2n) is 5.97. The van der Waals surface area contributed by atoms with Crippen LogP contribution in [0.25, 0.3) is 6.08 Å². The SMILES string of the molecule is Cc1cc(/C=C2/C(=O)NC(=S)N(c3cc(Cl)cc(Cl)c3)C2=O)c(C)n1C. The number of halogens is 2. The number of nitrogens with one attached hydrogen (secondary N) is 1. The Kier molecular flexibility index (Phi) is 4.92. The molecule has 5 nitrogen and oxygen atoms in total. The van der Waals surface area contributed by atoms with E-state index in [4.69, 9.17) is 35.4 Å². The lowest BCUT2D eigenvalue weighted by atomic mass is 10.1. The maximum atomic E-state index is 13.0. The van der Waals surface area contributed by atoms with E-state index in [1.807, 2.05) is 31.5 Å². The van der Waals surface area contributed by atoms with Crippen molar-refractivity contribution in [2.24, 2.45) is 7.05 Å². The Bertz CT molecular complexity index is 974. The Morgan fingerprint density at radius 3 is 2.23 bits per heavy atom. The highest BCUT2D eigenvalue weighted by molar-refractivity contribution is 7.80. The monoisotopic (exact) mass is 407 g/mol. The van der Waals surface area contributed by atoms with E-state index >= 15 is 0 Å². The van der Waals surface area contributed by atoms with E-state index in [9.17, 15) is 9.59 Å². The highest BCUT2D eigenvalue weighted by atomic mass is 35.5. The minimum atomic E-state index is -0.537. The molecule has 1 N–H and O–H groups in total. The van der Waals surface area contributed by atoms with Gasteiger partial charge in [-0.25, -0.2) is 0 Å². The largest absolute Gasteiger partial charge is 0.352 e. The van der Waals surface area contributed by atoms with Gasteiger partial charge in [-0.1, -0.05) is 23.2 Å². The molecule has 2 aromatic rings. The molecular formula is C18H15Cl2N3O2S. The molecule has 0 aliphatic carbocycles. The average Bonchev–Trinajstić information content (AvgIpc) is 2.77. The number of hydrogen-bond acceptors (Lipinski definition) is 3. The molecule has 134 valence electrons. The minimum absolute atomic E-state index is 0.0107. The first-order chi connectivity index (χ1) is 12.2. The summed E-state index contributed by atoms with van der Waals surface area (Å²) >= 11 is 17.2. The molecule has 0 spiro atoms. The molecule has 0 atom stereocenters. The van der Waals surface area contributed by atoms with Gasteiger partial charge in [0.2, 0.25) is 0 Å². The Morgan fingerprint density at radius 2 is 1.69 bits per heavy atom. The lowest BCUT2D eigenvalue weighted by Crippen LogP contribution is -2.54. The molecule has 1 fully saturated rings. The first kappa shape index (κ1) is 18.6. The average molecular weight is 408 g/mol. The van der Waals surface area contributed by atoms with Gasteiger partial charge >= 0.3 is 0 Å². The van der Waals surface area contributed by atoms with Crippen LogP contribution in [0.4, 0.5) is 5.69 Å². The summed E-state index contributed by atoms with van der Waals surface area (Å²) in [6, 6.07) is 6.58. The number of thiocarbonyl (C=S) groups is 1. The van der Waals surface area contributed by atoms with E-state index in [0.717, 1.165) is 17.0 Å². The highest BCUT2D eigenvalue weighted by Crippen LogP contribution is 2.29. The van der Waals surface area contributed by atoms with Crippen molar-refractivity contribution in [3.63, 3.8) is 0 Å². The predicted octanol–water partition coefficient (Wildman–Crippen LogP) is 3.78. The zero-order valence-corrected chi connectivity index (χ0v) is 16.6. The van der Waals surface area contributed by atoms with Crippen LogP contribution in [-0.2, 0) is 16.6 Å². The number of benzene rings is 1. The molecule has 26 heavy (non-hydrogen) atoms. The first-order valence-corrected chi connectivity index (χ1v) is 8.86. The van der Waals surface area contributed by atoms with E-state index in [0.29, 0.717) is 15.7 Å². The molecule has 0 saturated carbocycles. The van der Waals surface area contributed by atoms with E-state index in [1.54, 1.807) is 24.3 Å². The van der Waals surface area contributed by atoms with E-state index in [1.165, 1.54) is 4.90 Å². The maximum absolute atomic E-state index is 13.0. The normalized spacial score (nSPS) is 16.4. The molecule has 1 aliphatic heterocycles. The van der Waals surface area contributed by atoms with Crippen LogP contribution in [0.3, 0.4) is 0 Å². The van der Waals surface area contributed by atoms with Crippen molar-refractivity contribution < 1.29 is 9.59 Å². The number of anilines is 1. The van der Waals surface area contributed by atoms with Crippen molar-refractivity contribution in [2.45, 2.75) is 13.8 Å². The topological polar surface area (TPSA) is 54.3 Å². The smallest absolute Gasteiger partial charge is 0.270 e. The third-order valence-electron chi connectivity index (χ3n) is 4.32. The van der Waals surface area contributed by atoms with Crippen LogP contribution in [0, 0.1) is 13.8 Å². The van der Waals surface area contributed by atoms with Crippen LogP contribution >= 0.6 is 35.4 Å². The molecule has 3 rings (SSSR count). The van der Waals surface area contributed by atoms with E-state index in [-0.39, 0.29) is 10.7 Å². The fourth-order valence-electron chi connectivity index (χ4n) is 2.75. The molecule has 0 unspecified atom stereocenters. The number of amides is 2. The maximum Gasteiger partial charge on any atom is 0.270 e. The van der Waals surface area contributed by atoms with Crippen LogP contribution in [0.15, 0.2) is 29.8 Å². The van der Waals surface area contributed by atoms with Gasteiger partial charge in [0.25, 0.3) is 11.8 Å². The first-order valence-electron chi connectivity index (χ1n) is 7.69. The van der Waals surface area contributed by atoms with Gasteiger partial charge in [-0.2, -0.15) is 0 Å². The van der Waals surface area contributed by atoms with Gasteiger partial charge in [0, 0.05) is 28.5 Å². The van der Waals surface area contributed by atoms with Crippen molar-refractivity contribution in [3.05, 3.63) is 56.8 Å².